The third-order valence-electron chi connectivity index (χ3n) is 5.01. The maximum absolute atomic E-state index is 14.1. The summed E-state index contributed by atoms with van der Waals surface area (Å²) in [5.41, 5.74) is 3.16. The van der Waals surface area contributed by atoms with E-state index in [1.807, 2.05) is 31.5 Å². The van der Waals surface area contributed by atoms with E-state index in [0.29, 0.717) is 6.54 Å². The summed E-state index contributed by atoms with van der Waals surface area (Å²) in [6.07, 6.45) is 6.62. The summed E-state index contributed by atoms with van der Waals surface area (Å²) in [5, 5.41) is 6.67. The van der Waals surface area contributed by atoms with Crippen LogP contribution in [0.3, 0.4) is 0 Å². The molecule has 138 valence electrons. The Hall–Kier alpha value is -2.43. The van der Waals surface area contributed by atoms with Gasteiger partial charge in [0.1, 0.15) is 5.82 Å². The highest BCUT2D eigenvalue weighted by Crippen LogP contribution is 2.49. The molecular weight excluding hydrogens is 327 g/mol. The van der Waals surface area contributed by atoms with E-state index in [0.717, 1.165) is 43.9 Å². The van der Waals surface area contributed by atoms with Crippen LogP contribution in [-0.4, -0.2) is 30.6 Å². The summed E-state index contributed by atoms with van der Waals surface area (Å²) in [6, 6.07) is 9.14. The molecule has 1 aromatic carbocycles. The molecule has 0 unspecified atom stereocenters. The van der Waals surface area contributed by atoms with E-state index in [1.165, 1.54) is 11.1 Å². The summed E-state index contributed by atoms with van der Waals surface area (Å²) in [7, 11) is 0. The van der Waals surface area contributed by atoms with Crippen LogP contribution >= 0.6 is 0 Å². The molecule has 26 heavy (non-hydrogen) atoms. The normalized spacial score (nSPS) is 15.6. The van der Waals surface area contributed by atoms with Gasteiger partial charge in [0.15, 0.2) is 5.96 Å². The van der Waals surface area contributed by atoms with E-state index in [2.05, 4.69) is 28.6 Å². The van der Waals surface area contributed by atoms with Crippen molar-refractivity contribution < 1.29 is 4.39 Å². The standard InChI is InChI=1S/C21H27FN4/c1-3-24-20(25-13-9-17-8-12-23-14-16(17)2)26-15-21(10-11-21)18-6-4-5-7-19(18)22/h4-8,12,14H,3,9-11,13,15H2,1-2H3,(H2,24,25,26). The van der Waals surface area contributed by atoms with E-state index >= 15 is 0 Å². The van der Waals surface area contributed by atoms with E-state index in [9.17, 15) is 4.39 Å². The lowest BCUT2D eigenvalue weighted by Crippen LogP contribution is -2.39. The predicted octanol–water partition coefficient (Wildman–Crippen LogP) is 3.36. The average Bonchev–Trinajstić information content (AvgIpc) is 3.42. The number of pyridine rings is 1. The van der Waals surface area contributed by atoms with Gasteiger partial charge in [-0.15, -0.1) is 0 Å². The first-order chi connectivity index (χ1) is 12.6. The zero-order valence-electron chi connectivity index (χ0n) is 15.6. The first-order valence-electron chi connectivity index (χ1n) is 9.31. The quantitative estimate of drug-likeness (QED) is 0.592. The molecule has 0 spiro atoms. The zero-order valence-corrected chi connectivity index (χ0v) is 15.6. The summed E-state index contributed by atoms with van der Waals surface area (Å²) in [6.45, 7) is 6.33. The molecule has 4 nitrogen and oxygen atoms in total. The molecule has 1 heterocycles. The van der Waals surface area contributed by atoms with Crippen molar-refractivity contribution in [3.8, 4) is 0 Å². The van der Waals surface area contributed by atoms with Crippen LogP contribution < -0.4 is 10.6 Å². The molecule has 1 saturated carbocycles. The van der Waals surface area contributed by atoms with Gasteiger partial charge in [-0.3, -0.25) is 9.98 Å². The van der Waals surface area contributed by atoms with Gasteiger partial charge in [-0.2, -0.15) is 0 Å². The molecule has 1 aliphatic rings. The Morgan fingerprint density at radius 1 is 1.23 bits per heavy atom. The molecule has 1 fully saturated rings. The van der Waals surface area contributed by atoms with E-state index < -0.39 is 0 Å². The van der Waals surface area contributed by atoms with Crippen LogP contribution in [0.1, 0.15) is 36.5 Å². The second kappa shape index (κ2) is 8.30. The monoisotopic (exact) mass is 354 g/mol. The van der Waals surface area contributed by atoms with Crippen molar-refractivity contribution in [2.24, 2.45) is 4.99 Å². The molecule has 2 N–H and O–H groups in total. The van der Waals surface area contributed by atoms with Gasteiger partial charge in [0.2, 0.25) is 0 Å². The zero-order chi connectivity index (χ0) is 18.4. The van der Waals surface area contributed by atoms with Crippen molar-refractivity contribution in [2.45, 2.75) is 38.5 Å². The molecule has 0 radical (unpaired) electrons. The van der Waals surface area contributed by atoms with Gasteiger partial charge in [-0.05, 0) is 61.9 Å². The first-order valence-corrected chi connectivity index (χ1v) is 9.31. The Morgan fingerprint density at radius 2 is 2.04 bits per heavy atom. The number of hydrogen-bond acceptors (Lipinski definition) is 2. The third-order valence-corrected chi connectivity index (χ3v) is 5.01. The number of aromatic nitrogens is 1. The van der Waals surface area contributed by atoms with Crippen molar-refractivity contribution in [2.75, 3.05) is 19.6 Å². The van der Waals surface area contributed by atoms with Crippen LogP contribution in [0.5, 0.6) is 0 Å². The number of halogens is 1. The molecule has 0 amide bonds. The molecule has 5 heteroatoms. The lowest BCUT2D eigenvalue weighted by atomic mass is 9.95. The number of aryl methyl sites for hydroxylation is 1. The molecule has 0 aliphatic heterocycles. The minimum atomic E-state index is -0.130. The molecule has 1 aromatic heterocycles. The van der Waals surface area contributed by atoms with Crippen LogP contribution in [0.4, 0.5) is 4.39 Å². The summed E-state index contributed by atoms with van der Waals surface area (Å²) in [4.78, 5) is 8.86. The van der Waals surface area contributed by atoms with Crippen LogP contribution in [0, 0.1) is 12.7 Å². The van der Waals surface area contributed by atoms with Gasteiger partial charge < -0.3 is 10.6 Å². The SMILES string of the molecule is CCNC(=NCC1(c2ccccc2F)CC1)NCCc1ccncc1C. The maximum Gasteiger partial charge on any atom is 0.191 e. The highest BCUT2D eigenvalue weighted by atomic mass is 19.1. The number of hydrogen-bond donors (Lipinski definition) is 2. The topological polar surface area (TPSA) is 49.3 Å². The molecule has 1 aliphatic carbocycles. The third kappa shape index (κ3) is 4.40. The largest absolute Gasteiger partial charge is 0.357 e. The number of rotatable bonds is 7. The summed E-state index contributed by atoms with van der Waals surface area (Å²) in [5.74, 6) is 0.674. The van der Waals surface area contributed by atoms with Gasteiger partial charge >= 0.3 is 0 Å². The fourth-order valence-electron chi connectivity index (χ4n) is 3.23. The predicted molar refractivity (Wildman–Crippen MR) is 104 cm³/mol. The fourth-order valence-corrected chi connectivity index (χ4v) is 3.23. The van der Waals surface area contributed by atoms with Crippen LogP contribution in [-0.2, 0) is 11.8 Å². The van der Waals surface area contributed by atoms with Gasteiger partial charge in [-0.1, -0.05) is 18.2 Å². The second-order valence-corrected chi connectivity index (χ2v) is 6.93. The van der Waals surface area contributed by atoms with Crippen molar-refractivity contribution in [3.05, 3.63) is 65.2 Å². The molecular formula is C21H27FN4. The van der Waals surface area contributed by atoms with Crippen molar-refractivity contribution in [3.63, 3.8) is 0 Å². The Kier molecular flexibility index (Phi) is 5.86. The van der Waals surface area contributed by atoms with Gasteiger partial charge in [0.25, 0.3) is 0 Å². The lowest BCUT2D eigenvalue weighted by Gasteiger charge is -2.16. The van der Waals surface area contributed by atoms with Crippen molar-refractivity contribution in [1.82, 2.24) is 15.6 Å². The summed E-state index contributed by atoms with van der Waals surface area (Å²) >= 11 is 0. The smallest absolute Gasteiger partial charge is 0.191 e. The van der Waals surface area contributed by atoms with E-state index in [1.54, 1.807) is 12.1 Å². The number of nitrogens with zero attached hydrogens (tertiary/aromatic N) is 2. The Morgan fingerprint density at radius 3 is 2.73 bits per heavy atom. The molecule has 0 saturated heterocycles. The van der Waals surface area contributed by atoms with Crippen LogP contribution in [0.15, 0.2) is 47.7 Å². The van der Waals surface area contributed by atoms with Crippen LogP contribution in [0.25, 0.3) is 0 Å². The van der Waals surface area contributed by atoms with E-state index in [4.69, 9.17) is 4.99 Å². The Labute approximate surface area is 155 Å². The molecule has 2 aromatic rings. The lowest BCUT2D eigenvalue weighted by molar-refractivity contribution is 0.572. The highest BCUT2D eigenvalue weighted by Gasteiger charge is 2.45. The minimum Gasteiger partial charge on any atom is -0.357 e. The van der Waals surface area contributed by atoms with Gasteiger partial charge in [0.05, 0.1) is 6.54 Å². The number of nitrogens with one attached hydrogen (secondary N) is 2. The van der Waals surface area contributed by atoms with Crippen molar-refractivity contribution in [1.29, 1.82) is 0 Å². The molecule has 3 rings (SSSR count). The highest BCUT2D eigenvalue weighted by molar-refractivity contribution is 5.79. The minimum absolute atomic E-state index is 0.119. The number of guanidine groups is 1. The van der Waals surface area contributed by atoms with Gasteiger partial charge in [0, 0.05) is 30.9 Å². The fraction of sp³-hybridized carbons (Fsp3) is 0.429. The number of aliphatic imine (C=N–C) groups is 1. The van der Waals surface area contributed by atoms with Crippen LogP contribution in [0.2, 0.25) is 0 Å². The average molecular weight is 354 g/mol. The number of benzene rings is 1. The molecule has 0 bridgehead atoms. The maximum atomic E-state index is 14.1. The van der Waals surface area contributed by atoms with E-state index in [-0.39, 0.29) is 11.2 Å². The van der Waals surface area contributed by atoms with Gasteiger partial charge in [-0.25, -0.2) is 4.39 Å². The molecule has 0 atom stereocenters. The van der Waals surface area contributed by atoms with Crippen molar-refractivity contribution >= 4 is 5.96 Å². The Bertz CT molecular complexity index is 768. The first kappa shape index (κ1) is 18.4. The second-order valence-electron chi connectivity index (χ2n) is 6.93. The summed E-state index contributed by atoms with van der Waals surface area (Å²) < 4.78 is 14.1. The Balaban J connectivity index is 1.61.